The first-order valence-corrected chi connectivity index (χ1v) is 9.95. The van der Waals surface area contributed by atoms with Crippen LogP contribution in [-0.4, -0.2) is 54.1 Å². The number of nitrogens with one attached hydrogen (secondary N) is 1. The Kier molecular flexibility index (Phi) is 4.98. The second-order valence-corrected chi connectivity index (χ2v) is 7.72. The van der Waals surface area contributed by atoms with Gasteiger partial charge in [0.25, 0.3) is 5.56 Å². The first-order chi connectivity index (χ1) is 15.7. The Balaban J connectivity index is 1.74. The summed E-state index contributed by atoms with van der Waals surface area (Å²) in [6, 6.07) is 2.97. The molecule has 170 valence electrons. The van der Waals surface area contributed by atoms with Crippen molar-refractivity contribution in [1.29, 1.82) is 0 Å². The van der Waals surface area contributed by atoms with Crippen LogP contribution in [0, 0.1) is 6.92 Å². The lowest BCUT2D eigenvalue weighted by Gasteiger charge is -2.17. The molecule has 0 bridgehead atoms. The van der Waals surface area contributed by atoms with Crippen molar-refractivity contribution < 1.29 is 23.0 Å². The van der Waals surface area contributed by atoms with Crippen LogP contribution in [0.15, 0.2) is 41.7 Å². The Morgan fingerprint density at radius 3 is 2.64 bits per heavy atom. The molecule has 0 spiro atoms. The van der Waals surface area contributed by atoms with Gasteiger partial charge < -0.3 is 9.84 Å². The highest BCUT2D eigenvalue weighted by Crippen LogP contribution is 2.32. The molecule has 4 aromatic rings. The topological polar surface area (TPSA) is 119 Å². The van der Waals surface area contributed by atoms with Crippen LogP contribution >= 0.6 is 0 Å². The molecule has 9 nitrogen and oxygen atoms in total. The number of hydrogen-bond donors (Lipinski definition) is 2. The number of ether oxygens (including phenoxy) is 1. The lowest BCUT2D eigenvalue weighted by molar-refractivity contribution is -0.141. The van der Waals surface area contributed by atoms with Gasteiger partial charge in [-0.2, -0.15) is 18.3 Å². The van der Waals surface area contributed by atoms with E-state index in [1.807, 2.05) is 0 Å². The number of rotatable bonds is 3. The van der Waals surface area contributed by atoms with E-state index < -0.39 is 29.6 Å². The second-order valence-electron chi connectivity index (χ2n) is 7.72. The molecule has 2 N–H and O–H groups in total. The average Bonchev–Trinajstić information content (AvgIpc) is 3.41. The van der Waals surface area contributed by atoms with Gasteiger partial charge in [0.2, 0.25) is 0 Å². The largest absolute Gasteiger partial charge is 0.433 e. The summed E-state index contributed by atoms with van der Waals surface area (Å²) >= 11 is 0. The van der Waals surface area contributed by atoms with Crippen molar-refractivity contribution in [2.24, 2.45) is 0 Å². The number of H-pyrrole nitrogens is 1. The number of aliphatic hydroxyl groups excluding tert-OH is 1. The highest BCUT2D eigenvalue weighted by molar-refractivity contribution is 5.93. The van der Waals surface area contributed by atoms with Crippen molar-refractivity contribution in [3.63, 3.8) is 0 Å². The van der Waals surface area contributed by atoms with Crippen LogP contribution in [0.4, 0.5) is 13.2 Å². The van der Waals surface area contributed by atoms with Crippen molar-refractivity contribution in [3.05, 3.63) is 58.7 Å². The number of aryl methyl sites for hydroxylation is 1. The average molecular weight is 458 g/mol. The smallest absolute Gasteiger partial charge is 0.388 e. The molecule has 0 unspecified atom stereocenters. The van der Waals surface area contributed by atoms with E-state index in [1.165, 1.54) is 29.2 Å². The van der Waals surface area contributed by atoms with Crippen LogP contribution < -0.4 is 5.56 Å². The van der Waals surface area contributed by atoms with E-state index in [-0.39, 0.29) is 24.3 Å². The van der Waals surface area contributed by atoms with Crippen molar-refractivity contribution in [2.45, 2.75) is 25.2 Å². The van der Waals surface area contributed by atoms with Crippen molar-refractivity contribution >= 4 is 10.9 Å². The monoisotopic (exact) mass is 458 g/mol. The first kappa shape index (κ1) is 21.2. The number of halogens is 3. The van der Waals surface area contributed by atoms with Crippen molar-refractivity contribution in [1.82, 2.24) is 29.7 Å². The van der Waals surface area contributed by atoms with Gasteiger partial charge in [0, 0.05) is 23.0 Å². The minimum atomic E-state index is -4.57. The van der Waals surface area contributed by atoms with E-state index in [9.17, 15) is 23.1 Å². The normalized spacial score (nSPS) is 18.8. The zero-order chi connectivity index (χ0) is 23.3. The van der Waals surface area contributed by atoms with Gasteiger partial charge in [-0.25, -0.2) is 9.97 Å². The van der Waals surface area contributed by atoms with Gasteiger partial charge in [0.05, 0.1) is 42.9 Å². The van der Waals surface area contributed by atoms with Gasteiger partial charge in [0.1, 0.15) is 23.0 Å². The first-order valence-electron chi connectivity index (χ1n) is 9.95. The fraction of sp³-hybridized carbons (Fsp3) is 0.286. The summed E-state index contributed by atoms with van der Waals surface area (Å²) in [4.78, 5) is 25.9. The van der Waals surface area contributed by atoms with Gasteiger partial charge in [0.15, 0.2) is 0 Å². The maximum Gasteiger partial charge on any atom is 0.433 e. The van der Waals surface area contributed by atoms with Gasteiger partial charge in [-0.05, 0) is 25.1 Å². The minimum Gasteiger partial charge on any atom is -0.388 e. The summed E-state index contributed by atoms with van der Waals surface area (Å²) in [6.45, 7) is 2.03. The van der Waals surface area contributed by atoms with Crippen LogP contribution in [-0.2, 0) is 10.9 Å². The molecule has 12 heteroatoms. The zero-order valence-electron chi connectivity index (χ0n) is 17.2. The fourth-order valence-corrected chi connectivity index (χ4v) is 3.82. The standard InChI is InChI=1S/C21H17F3N6O3/c1-10-13(6-27-29-10)19-18-12(20(32)30(9-26-18)15-7-33-8-16(15)31)4-14(28-19)11-2-3-17(25-5-11)21(22,23)24/h2-6,9,15-16,31H,7-8H2,1H3,(H,27,29)/t15-,16+/m1/s1. The lowest BCUT2D eigenvalue weighted by Crippen LogP contribution is -2.32. The fourth-order valence-electron chi connectivity index (χ4n) is 3.82. The molecule has 4 aromatic heterocycles. The Bertz CT molecular complexity index is 1400. The Morgan fingerprint density at radius 2 is 2.03 bits per heavy atom. The number of hydrogen-bond acceptors (Lipinski definition) is 7. The molecule has 0 aliphatic carbocycles. The molecular weight excluding hydrogens is 441 g/mol. The SMILES string of the molecule is Cc1[nH]ncc1-c1nc(-c2ccc(C(F)(F)F)nc2)cc2c(=O)n([C@@H]3COC[C@@H]3O)cnc12. The molecule has 0 aromatic carbocycles. The summed E-state index contributed by atoms with van der Waals surface area (Å²) in [7, 11) is 0. The molecule has 1 aliphatic rings. The molecule has 5 heterocycles. The van der Waals surface area contributed by atoms with Gasteiger partial charge in [-0.15, -0.1) is 0 Å². The van der Waals surface area contributed by atoms with Gasteiger partial charge in [-0.1, -0.05) is 0 Å². The van der Waals surface area contributed by atoms with Crippen LogP contribution in [0.1, 0.15) is 17.4 Å². The third kappa shape index (κ3) is 3.66. The maximum absolute atomic E-state index is 13.4. The van der Waals surface area contributed by atoms with Crippen LogP contribution in [0.25, 0.3) is 33.4 Å². The summed E-state index contributed by atoms with van der Waals surface area (Å²) in [5.74, 6) is 0. The van der Waals surface area contributed by atoms with Crippen molar-refractivity contribution in [2.75, 3.05) is 13.2 Å². The number of fused-ring (bicyclic) bond motifs is 1. The number of pyridine rings is 2. The third-order valence-corrected chi connectivity index (χ3v) is 5.58. The molecule has 33 heavy (non-hydrogen) atoms. The Morgan fingerprint density at radius 1 is 1.21 bits per heavy atom. The number of nitrogens with zero attached hydrogens (tertiary/aromatic N) is 5. The third-order valence-electron chi connectivity index (χ3n) is 5.58. The van der Waals surface area contributed by atoms with E-state index in [0.29, 0.717) is 28.0 Å². The van der Waals surface area contributed by atoms with Crippen LogP contribution in [0.5, 0.6) is 0 Å². The summed E-state index contributed by atoms with van der Waals surface area (Å²) in [5.41, 5.74) is 1.01. The van der Waals surface area contributed by atoms with Gasteiger partial charge >= 0.3 is 6.18 Å². The molecule has 1 saturated heterocycles. The van der Waals surface area contributed by atoms with Crippen LogP contribution in [0.2, 0.25) is 0 Å². The molecule has 0 radical (unpaired) electrons. The number of aromatic amines is 1. The molecule has 0 saturated carbocycles. The predicted octanol–water partition coefficient (Wildman–Crippen LogP) is 2.50. The highest BCUT2D eigenvalue weighted by atomic mass is 19.4. The van der Waals surface area contributed by atoms with E-state index >= 15 is 0 Å². The van der Waals surface area contributed by atoms with E-state index in [0.717, 1.165) is 12.3 Å². The van der Waals surface area contributed by atoms with E-state index in [1.54, 1.807) is 6.92 Å². The summed E-state index contributed by atoms with van der Waals surface area (Å²) < 4.78 is 45.4. The Hall–Kier alpha value is -3.64. The van der Waals surface area contributed by atoms with E-state index in [4.69, 9.17) is 4.74 Å². The Labute approximate surface area is 183 Å². The number of aliphatic hydroxyl groups is 1. The zero-order valence-corrected chi connectivity index (χ0v) is 17.2. The molecule has 1 fully saturated rings. The van der Waals surface area contributed by atoms with E-state index in [2.05, 4.69) is 25.1 Å². The quantitative estimate of drug-likeness (QED) is 0.484. The minimum absolute atomic E-state index is 0.105. The molecule has 5 rings (SSSR count). The molecule has 1 aliphatic heterocycles. The second kappa shape index (κ2) is 7.74. The predicted molar refractivity (Wildman–Crippen MR) is 110 cm³/mol. The lowest BCUT2D eigenvalue weighted by atomic mass is 10.1. The maximum atomic E-state index is 13.4. The molecule has 0 amide bonds. The number of aromatic nitrogens is 6. The van der Waals surface area contributed by atoms with Gasteiger partial charge in [-0.3, -0.25) is 19.4 Å². The number of alkyl halides is 3. The summed E-state index contributed by atoms with van der Waals surface area (Å²) in [6.07, 6.45) is -1.50. The van der Waals surface area contributed by atoms with Crippen molar-refractivity contribution in [3.8, 4) is 22.5 Å². The van der Waals surface area contributed by atoms with Crippen LogP contribution in [0.3, 0.4) is 0 Å². The highest BCUT2D eigenvalue weighted by Gasteiger charge is 2.32. The molecular formula is C21H17F3N6O3. The molecule has 2 atom stereocenters. The summed E-state index contributed by atoms with van der Waals surface area (Å²) in [5, 5.41) is 17.2.